The number of nitrogen functional groups attached to an aromatic ring is 1. The molecule has 5 heteroatoms. The van der Waals surface area contributed by atoms with Gasteiger partial charge in [-0.15, -0.1) is 11.3 Å². The molecule has 0 bridgehead atoms. The molecule has 2 aromatic carbocycles. The molecule has 0 amide bonds. The van der Waals surface area contributed by atoms with Crippen molar-refractivity contribution in [3.63, 3.8) is 0 Å². The van der Waals surface area contributed by atoms with Crippen LogP contribution in [-0.2, 0) is 0 Å². The number of nitrogens with two attached hydrogens (primary N) is 1. The van der Waals surface area contributed by atoms with Gasteiger partial charge < -0.3 is 10.5 Å². The molecule has 3 aromatic rings. The van der Waals surface area contributed by atoms with Crippen LogP contribution in [-0.4, -0.2) is 11.6 Å². The monoisotopic (exact) mass is 288 g/mol. The van der Waals surface area contributed by atoms with Crippen LogP contribution in [0.2, 0.25) is 0 Å². The number of hydrogen-bond donors (Lipinski definition) is 1. The van der Waals surface area contributed by atoms with Crippen LogP contribution in [0, 0.1) is 5.82 Å². The van der Waals surface area contributed by atoms with Gasteiger partial charge in [0.15, 0.2) is 0 Å². The highest BCUT2D eigenvalue weighted by Gasteiger charge is 2.11. The van der Waals surface area contributed by atoms with Gasteiger partial charge in [-0.3, -0.25) is 0 Å². The molecule has 0 radical (unpaired) electrons. The lowest BCUT2D eigenvalue weighted by atomic mass is 10.2. The molecule has 3 nitrogen and oxygen atoms in total. The molecule has 2 N–H and O–H groups in total. The second-order valence-corrected chi connectivity index (χ2v) is 5.35. The summed E-state index contributed by atoms with van der Waals surface area (Å²) in [5.74, 6) is 0.446. The summed E-state index contributed by atoms with van der Waals surface area (Å²) >= 11 is 1.44. The minimum Gasteiger partial charge on any atom is -0.494 e. The molecule has 20 heavy (non-hydrogen) atoms. The smallest absolute Gasteiger partial charge is 0.135 e. The molecule has 0 aliphatic rings. The Kier molecular flexibility index (Phi) is 3.28. The molecule has 1 aromatic heterocycles. The van der Waals surface area contributed by atoms with Crippen molar-refractivity contribution in [2.45, 2.75) is 6.92 Å². The van der Waals surface area contributed by atoms with Gasteiger partial charge in [0.05, 0.1) is 16.8 Å². The Morgan fingerprint density at radius 2 is 2.10 bits per heavy atom. The van der Waals surface area contributed by atoms with Crippen molar-refractivity contribution in [2.75, 3.05) is 12.3 Å². The number of anilines is 1. The summed E-state index contributed by atoms with van der Waals surface area (Å²) in [5.41, 5.74) is 7.28. The van der Waals surface area contributed by atoms with Crippen LogP contribution in [0.4, 0.5) is 10.1 Å². The highest BCUT2D eigenvalue weighted by molar-refractivity contribution is 7.21. The summed E-state index contributed by atoms with van der Waals surface area (Å²) in [6.07, 6.45) is 0. The average molecular weight is 288 g/mol. The molecule has 0 aliphatic heterocycles. The number of fused-ring (bicyclic) bond motifs is 1. The largest absolute Gasteiger partial charge is 0.494 e. The van der Waals surface area contributed by atoms with Gasteiger partial charge in [-0.05, 0) is 43.3 Å². The first kappa shape index (κ1) is 12.9. The van der Waals surface area contributed by atoms with E-state index in [4.69, 9.17) is 10.5 Å². The highest BCUT2D eigenvalue weighted by Crippen LogP contribution is 2.34. The molecule has 0 aliphatic carbocycles. The number of hydrogen-bond acceptors (Lipinski definition) is 4. The third kappa shape index (κ3) is 2.32. The lowest BCUT2D eigenvalue weighted by Gasteiger charge is -2.00. The second-order valence-electron chi connectivity index (χ2n) is 4.32. The number of aromatic nitrogens is 1. The van der Waals surface area contributed by atoms with E-state index in [0.717, 1.165) is 16.0 Å². The number of halogens is 1. The van der Waals surface area contributed by atoms with Crippen LogP contribution >= 0.6 is 11.3 Å². The van der Waals surface area contributed by atoms with E-state index in [2.05, 4.69) is 4.98 Å². The Balaban J connectivity index is 2.08. The molecule has 0 fully saturated rings. The topological polar surface area (TPSA) is 48.1 Å². The first-order chi connectivity index (χ1) is 9.67. The fraction of sp³-hybridized carbons (Fsp3) is 0.133. The third-order valence-electron chi connectivity index (χ3n) is 2.89. The molecular formula is C15H13FN2OS. The molecule has 0 unspecified atom stereocenters. The van der Waals surface area contributed by atoms with Gasteiger partial charge in [0, 0.05) is 11.3 Å². The normalized spacial score (nSPS) is 10.9. The van der Waals surface area contributed by atoms with Gasteiger partial charge in [0.25, 0.3) is 0 Å². The Bertz CT molecular complexity index is 770. The van der Waals surface area contributed by atoms with Crippen molar-refractivity contribution in [1.82, 2.24) is 4.98 Å². The van der Waals surface area contributed by atoms with Crippen LogP contribution in [0.1, 0.15) is 6.92 Å². The van der Waals surface area contributed by atoms with Gasteiger partial charge in [-0.25, -0.2) is 9.37 Å². The lowest BCUT2D eigenvalue weighted by molar-refractivity contribution is 0.341. The first-order valence-electron chi connectivity index (χ1n) is 6.26. The molecular weight excluding hydrogens is 275 g/mol. The quantitative estimate of drug-likeness (QED) is 0.739. The molecule has 3 rings (SSSR count). The van der Waals surface area contributed by atoms with E-state index in [-0.39, 0.29) is 5.82 Å². The highest BCUT2D eigenvalue weighted by atomic mass is 32.1. The molecule has 0 saturated carbocycles. The van der Waals surface area contributed by atoms with Crippen molar-refractivity contribution < 1.29 is 9.13 Å². The van der Waals surface area contributed by atoms with Crippen molar-refractivity contribution in [2.24, 2.45) is 0 Å². The van der Waals surface area contributed by atoms with E-state index in [0.29, 0.717) is 22.9 Å². The van der Waals surface area contributed by atoms with Gasteiger partial charge in [-0.2, -0.15) is 0 Å². The van der Waals surface area contributed by atoms with Crippen molar-refractivity contribution in [3.8, 4) is 16.3 Å². The fourth-order valence-electron chi connectivity index (χ4n) is 1.98. The number of benzene rings is 2. The molecule has 0 saturated heterocycles. The van der Waals surface area contributed by atoms with Gasteiger partial charge in [-0.1, -0.05) is 0 Å². The Morgan fingerprint density at radius 1 is 1.25 bits per heavy atom. The zero-order valence-corrected chi connectivity index (χ0v) is 11.7. The first-order valence-corrected chi connectivity index (χ1v) is 7.08. The van der Waals surface area contributed by atoms with E-state index in [1.165, 1.54) is 17.4 Å². The predicted molar refractivity (Wildman–Crippen MR) is 80.6 cm³/mol. The number of rotatable bonds is 3. The zero-order valence-electron chi connectivity index (χ0n) is 10.9. The Hall–Kier alpha value is -2.14. The minimum atomic E-state index is -0.353. The van der Waals surface area contributed by atoms with Crippen molar-refractivity contribution >= 4 is 27.2 Å². The maximum Gasteiger partial charge on any atom is 0.135 e. The predicted octanol–water partition coefficient (Wildman–Crippen LogP) is 4.08. The summed E-state index contributed by atoms with van der Waals surface area (Å²) in [6, 6.07) is 10.3. The van der Waals surface area contributed by atoms with E-state index in [9.17, 15) is 4.39 Å². The van der Waals surface area contributed by atoms with Gasteiger partial charge in [0.1, 0.15) is 16.6 Å². The third-order valence-corrected chi connectivity index (χ3v) is 3.95. The van der Waals surface area contributed by atoms with Crippen LogP contribution < -0.4 is 10.5 Å². The van der Waals surface area contributed by atoms with E-state index >= 15 is 0 Å². The van der Waals surface area contributed by atoms with Crippen LogP contribution in [0.3, 0.4) is 0 Å². The maximum absolute atomic E-state index is 13.9. The molecule has 102 valence electrons. The van der Waals surface area contributed by atoms with Crippen LogP contribution in [0.15, 0.2) is 36.4 Å². The Morgan fingerprint density at radius 3 is 2.85 bits per heavy atom. The summed E-state index contributed by atoms with van der Waals surface area (Å²) in [6.45, 7) is 2.55. The van der Waals surface area contributed by atoms with Crippen molar-refractivity contribution in [3.05, 3.63) is 42.2 Å². The standard InChI is InChI=1S/C15H13FN2OS/c1-2-19-10-4-6-13-14(8-10)20-15(18-13)11-5-3-9(17)7-12(11)16/h3-8H,2,17H2,1H3. The van der Waals surface area contributed by atoms with E-state index in [1.807, 2.05) is 25.1 Å². The molecule has 0 spiro atoms. The second kappa shape index (κ2) is 5.09. The Labute approximate surface area is 119 Å². The number of nitrogens with zero attached hydrogens (tertiary/aromatic N) is 1. The minimum absolute atomic E-state index is 0.353. The molecule has 1 heterocycles. The average Bonchev–Trinajstić information content (AvgIpc) is 2.81. The van der Waals surface area contributed by atoms with Gasteiger partial charge in [0.2, 0.25) is 0 Å². The fourth-order valence-corrected chi connectivity index (χ4v) is 3.00. The van der Waals surface area contributed by atoms with Crippen molar-refractivity contribution in [1.29, 1.82) is 0 Å². The zero-order chi connectivity index (χ0) is 14.1. The molecule has 0 atom stereocenters. The number of ether oxygens (including phenoxy) is 1. The van der Waals surface area contributed by atoms with Crippen LogP contribution in [0.25, 0.3) is 20.8 Å². The summed E-state index contributed by atoms with van der Waals surface area (Å²) in [4.78, 5) is 4.46. The van der Waals surface area contributed by atoms with E-state index < -0.39 is 0 Å². The van der Waals surface area contributed by atoms with Gasteiger partial charge >= 0.3 is 0 Å². The lowest BCUT2D eigenvalue weighted by Crippen LogP contribution is -1.90. The summed E-state index contributed by atoms with van der Waals surface area (Å²) in [5, 5.41) is 0.645. The summed E-state index contributed by atoms with van der Waals surface area (Å²) < 4.78 is 20.4. The van der Waals surface area contributed by atoms with Crippen LogP contribution in [0.5, 0.6) is 5.75 Å². The van der Waals surface area contributed by atoms with E-state index in [1.54, 1.807) is 12.1 Å². The SMILES string of the molecule is CCOc1ccc2nc(-c3ccc(N)cc3F)sc2c1. The maximum atomic E-state index is 13.9. The number of thiazole rings is 1. The summed E-state index contributed by atoms with van der Waals surface area (Å²) in [7, 11) is 0.